The van der Waals surface area contributed by atoms with Gasteiger partial charge in [-0.25, -0.2) is 0 Å². The van der Waals surface area contributed by atoms with Gasteiger partial charge in [0, 0.05) is 28.0 Å². The number of rotatable bonds is 6. The van der Waals surface area contributed by atoms with Crippen LogP contribution in [-0.2, 0) is 4.79 Å². The Morgan fingerprint density at radius 3 is 3.00 bits per heavy atom. The Bertz CT molecular complexity index is 465. The fourth-order valence-corrected chi connectivity index (χ4v) is 3.22. The zero-order valence-electron chi connectivity index (χ0n) is 11.3. The van der Waals surface area contributed by atoms with Crippen molar-refractivity contribution in [3.8, 4) is 0 Å². The van der Waals surface area contributed by atoms with Gasteiger partial charge in [0.05, 0.1) is 0 Å². The Morgan fingerprint density at radius 2 is 2.32 bits per heavy atom. The first-order valence-electron chi connectivity index (χ1n) is 6.61. The molecule has 0 spiro atoms. The Labute approximate surface area is 118 Å². The number of anilines is 1. The van der Waals surface area contributed by atoms with E-state index in [0.29, 0.717) is 5.25 Å². The molecular formula is C14H20N2O2S. The number of aliphatic hydroxyl groups is 1. The van der Waals surface area contributed by atoms with Gasteiger partial charge in [-0.1, -0.05) is 19.9 Å². The van der Waals surface area contributed by atoms with Crippen LogP contribution in [0.4, 0.5) is 5.69 Å². The van der Waals surface area contributed by atoms with Gasteiger partial charge in [0.1, 0.15) is 6.04 Å². The molecular weight excluding hydrogens is 260 g/mol. The lowest BCUT2D eigenvalue weighted by Gasteiger charge is -2.11. The van der Waals surface area contributed by atoms with Crippen LogP contribution in [0.1, 0.15) is 31.9 Å². The van der Waals surface area contributed by atoms with Gasteiger partial charge in [-0.05, 0) is 25.1 Å². The minimum absolute atomic E-state index is 0.0161. The molecule has 0 saturated carbocycles. The summed E-state index contributed by atoms with van der Waals surface area (Å²) in [5, 5.41) is 15.4. The highest BCUT2D eigenvalue weighted by Crippen LogP contribution is 2.35. The minimum atomic E-state index is -0.228. The van der Waals surface area contributed by atoms with E-state index < -0.39 is 0 Å². The number of carbonyl (C=O) groups excluding carboxylic acids is 1. The third kappa shape index (κ3) is 3.29. The molecule has 2 unspecified atom stereocenters. The lowest BCUT2D eigenvalue weighted by Crippen LogP contribution is -2.27. The largest absolute Gasteiger partial charge is 0.396 e. The van der Waals surface area contributed by atoms with Crippen LogP contribution in [0, 0.1) is 0 Å². The van der Waals surface area contributed by atoms with Crippen molar-refractivity contribution in [3.05, 3.63) is 23.8 Å². The molecule has 1 aromatic rings. The summed E-state index contributed by atoms with van der Waals surface area (Å²) in [6.45, 7) is 5.06. The predicted octanol–water partition coefficient (Wildman–Crippen LogP) is 2.15. The van der Waals surface area contributed by atoms with E-state index in [9.17, 15) is 4.79 Å². The summed E-state index contributed by atoms with van der Waals surface area (Å²) < 4.78 is 0. The van der Waals surface area contributed by atoms with Crippen molar-refractivity contribution in [2.75, 3.05) is 18.5 Å². The number of aliphatic hydroxyl groups excluding tert-OH is 1. The highest BCUT2D eigenvalue weighted by molar-refractivity contribution is 7.99. The molecule has 104 valence electrons. The highest BCUT2D eigenvalue weighted by Gasteiger charge is 2.29. The molecule has 1 aromatic carbocycles. The molecule has 0 aromatic heterocycles. The van der Waals surface area contributed by atoms with Crippen molar-refractivity contribution in [3.63, 3.8) is 0 Å². The molecule has 3 N–H and O–H groups in total. The van der Waals surface area contributed by atoms with Crippen molar-refractivity contribution in [2.45, 2.75) is 36.5 Å². The van der Waals surface area contributed by atoms with E-state index in [4.69, 9.17) is 5.11 Å². The van der Waals surface area contributed by atoms with E-state index >= 15 is 0 Å². The Morgan fingerprint density at radius 1 is 1.53 bits per heavy atom. The summed E-state index contributed by atoms with van der Waals surface area (Å²) >= 11 is 1.72. The topological polar surface area (TPSA) is 61.4 Å². The molecule has 4 nitrogen and oxygen atoms in total. The van der Waals surface area contributed by atoms with Crippen LogP contribution in [-0.4, -0.2) is 29.4 Å². The zero-order chi connectivity index (χ0) is 13.8. The Hall–Kier alpha value is -1.04. The van der Waals surface area contributed by atoms with Crippen LogP contribution in [0.2, 0.25) is 0 Å². The standard InChI is InChI=1S/C14H20N2O2S/c1-3-15-13-11-5-4-10(19-9(2)6-7-17)8-12(11)16-14(13)18/h4-5,8-9,13,15,17H,3,6-7H2,1-2H3,(H,16,18). The molecule has 19 heavy (non-hydrogen) atoms. The maximum Gasteiger partial charge on any atom is 0.246 e. The SMILES string of the molecule is CCNC1C(=O)Nc2cc(SC(C)CCO)ccc21. The van der Waals surface area contributed by atoms with Crippen LogP contribution in [0.25, 0.3) is 0 Å². The first-order chi connectivity index (χ1) is 9.15. The van der Waals surface area contributed by atoms with Crippen LogP contribution in [0.5, 0.6) is 0 Å². The normalized spacial score (nSPS) is 19.1. The summed E-state index contributed by atoms with van der Waals surface area (Å²) in [5.41, 5.74) is 1.92. The zero-order valence-corrected chi connectivity index (χ0v) is 12.1. The highest BCUT2D eigenvalue weighted by atomic mass is 32.2. The van der Waals surface area contributed by atoms with Crippen LogP contribution < -0.4 is 10.6 Å². The number of hydrogen-bond donors (Lipinski definition) is 3. The molecule has 0 fully saturated rings. The Balaban J connectivity index is 2.13. The molecule has 1 aliphatic heterocycles. The summed E-state index contributed by atoms with van der Waals surface area (Å²) in [7, 11) is 0. The van der Waals surface area contributed by atoms with Gasteiger partial charge < -0.3 is 15.7 Å². The van der Waals surface area contributed by atoms with Crippen molar-refractivity contribution < 1.29 is 9.90 Å². The molecule has 2 atom stereocenters. The fraction of sp³-hybridized carbons (Fsp3) is 0.500. The number of amides is 1. The molecule has 0 radical (unpaired) electrons. The second-order valence-corrected chi connectivity index (χ2v) is 6.18. The lowest BCUT2D eigenvalue weighted by atomic mass is 10.1. The van der Waals surface area contributed by atoms with E-state index in [1.807, 2.05) is 25.1 Å². The number of thioether (sulfide) groups is 1. The lowest BCUT2D eigenvalue weighted by molar-refractivity contribution is -0.117. The average Bonchev–Trinajstić information content (AvgIpc) is 2.66. The molecule has 2 rings (SSSR count). The summed E-state index contributed by atoms with van der Waals surface area (Å²) in [4.78, 5) is 13.0. The number of carbonyl (C=O) groups is 1. The summed E-state index contributed by atoms with van der Waals surface area (Å²) in [6.07, 6.45) is 0.772. The van der Waals surface area contributed by atoms with Gasteiger partial charge in [0.25, 0.3) is 0 Å². The second-order valence-electron chi connectivity index (χ2n) is 4.67. The third-order valence-corrected chi connectivity index (χ3v) is 4.30. The van der Waals surface area contributed by atoms with Gasteiger partial charge in [-0.3, -0.25) is 4.79 Å². The van der Waals surface area contributed by atoms with Crippen LogP contribution in [0.15, 0.2) is 23.1 Å². The monoisotopic (exact) mass is 280 g/mol. The van der Waals surface area contributed by atoms with E-state index in [0.717, 1.165) is 29.1 Å². The molecule has 1 amide bonds. The number of likely N-dealkylation sites (N-methyl/N-ethyl adjacent to an activating group) is 1. The number of hydrogen-bond acceptors (Lipinski definition) is 4. The Kier molecular flexibility index (Phi) is 4.85. The van der Waals surface area contributed by atoms with Crippen molar-refractivity contribution in [2.24, 2.45) is 0 Å². The van der Waals surface area contributed by atoms with E-state index in [1.165, 1.54) is 0 Å². The first kappa shape index (κ1) is 14.4. The maximum atomic E-state index is 11.8. The summed E-state index contributed by atoms with van der Waals surface area (Å²) in [5.74, 6) is 0.0161. The van der Waals surface area contributed by atoms with Gasteiger partial charge >= 0.3 is 0 Å². The van der Waals surface area contributed by atoms with Gasteiger partial charge in [0.2, 0.25) is 5.91 Å². The van der Waals surface area contributed by atoms with Crippen LogP contribution >= 0.6 is 11.8 Å². The predicted molar refractivity (Wildman–Crippen MR) is 78.5 cm³/mol. The minimum Gasteiger partial charge on any atom is -0.396 e. The van der Waals surface area contributed by atoms with Crippen molar-refractivity contribution >= 4 is 23.4 Å². The molecule has 0 bridgehead atoms. The van der Waals surface area contributed by atoms with Gasteiger partial charge in [-0.15, -0.1) is 11.8 Å². The van der Waals surface area contributed by atoms with Crippen LogP contribution in [0.3, 0.4) is 0 Å². The maximum absolute atomic E-state index is 11.8. The van der Waals surface area contributed by atoms with E-state index in [2.05, 4.69) is 17.6 Å². The molecule has 1 heterocycles. The van der Waals surface area contributed by atoms with E-state index in [-0.39, 0.29) is 18.6 Å². The third-order valence-electron chi connectivity index (χ3n) is 3.14. The number of benzene rings is 1. The average molecular weight is 280 g/mol. The molecule has 0 aliphatic carbocycles. The van der Waals surface area contributed by atoms with Gasteiger partial charge in [-0.2, -0.15) is 0 Å². The smallest absolute Gasteiger partial charge is 0.246 e. The van der Waals surface area contributed by atoms with Crippen molar-refractivity contribution in [1.29, 1.82) is 0 Å². The number of nitrogens with one attached hydrogen (secondary N) is 2. The number of fused-ring (bicyclic) bond motifs is 1. The molecule has 1 aliphatic rings. The molecule has 0 saturated heterocycles. The first-order valence-corrected chi connectivity index (χ1v) is 7.49. The van der Waals surface area contributed by atoms with Gasteiger partial charge in [0.15, 0.2) is 0 Å². The molecule has 5 heteroatoms. The second kappa shape index (κ2) is 6.41. The fourth-order valence-electron chi connectivity index (χ4n) is 2.19. The van der Waals surface area contributed by atoms with E-state index in [1.54, 1.807) is 11.8 Å². The van der Waals surface area contributed by atoms with Crippen molar-refractivity contribution in [1.82, 2.24) is 5.32 Å². The summed E-state index contributed by atoms with van der Waals surface area (Å²) in [6, 6.07) is 5.84. The quantitative estimate of drug-likeness (QED) is 0.699.